The second-order valence-electron chi connectivity index (χ2n) is 4.04. The van der Waals surface area contributed by atoms with E-state index in [9.17, 15) is 10.1 Å². The average molecular weight is 241 g/mol. The third-order valence-corrected chi connectivity index (χ3v) is 3.98. The van der Waals surface area contributed by atoms with Gasteiger partial charge in [-0.1, -0.05) is 11.3 Å². The van der Waals surface area contributed by atoms with Crippen molar-refractivity contribution in [3.05, 3.63) is 20.7 Å². The fourth-order valence-corrected chi connectivity index (χ4v) is 2.98. The van der Waals surface area contributed by atoms with Gasteiger partial charge in [-0.3, -0.25) is 10.1 Å². The van der Waals surface area contributed by atoms with Crippen LogP contribution in [0.2, 0.25) is 0 Å². The number of hydrogen-bond acceptors (Lipinski definition) is 5. The predicted octanol–water partition coefficient (Wildman–Crippen LogP) is 2.22. The van der Waals surface area contributed by atoms with Gasteiger partial charge >= 0.3 is 0 Å². The van der Waals surface area contributed by atoms with Crippen molar-refractivity contribution in [3.8, 4) is 0 Å². The van der Waals surface area contributed by atoms with Gasteiger partial charge in [0.25, 0.3) is 0 Å². The lowest BCUT2D eigenvalue weighted by atomic mass is 10.1. The molecule has 1 fully saturated rings. The van der Waals surface area contributed by atoms with E-state index in [1.165, 1.54) is 30.6 Å². The van der Waals surface area contributed by atoms with Crippen molar-refractivity contribution in [1.82, 2.24) is 4.98 Å². The van der Waals surface area contributed by atoms with Gasteiger partial charge in [0.05, 0.1) is 10.6 Å². The van der Waals surface area contributed by atoms with Crippen molar-refractivity contribution in [1.29, 1.82) is 0 Å². The molecule has 1 aliphatic rings. The van der Waals surface area contributed by atoms with Gasteiger partial charge in [0, 0.05) is 18.0 Å². The highest BCUT2D eigenvalue weighted by Gasteiger charge is 2.18. The Morgan fingerprint density at radius 3 is 2.75 bits per heavy atom. The van der Waals surface area contributed by atoms with E-state index in [-0.39, 0.29) is 11.5 Å². The van der Waals surface area contributed by atoms with E-state index in [4.69, 9.17) is 0 Å². The number of anilines is 1. The summed E-state index contributed by atoms with van der Waals surface area (Å²) in [5, 5.41) is 11.4. The molecular formula is C10H15N3O2S. The molecule has 0 unspecified atom stereocenters. The van der Waals surface area contributed by atoms with Crippen molar-refractivity contribution in [2.24, 2.45) is 0 Å². The number of nitrogens with zero attached hydrogens (tertiary/aromatic N) is 3. The first kappa shape index (κ1) is 11.3. The van der Waals surface area contributed by atoms with E-state index in [0.29, 0.717) is 0 Å². The van der Waals surface area contributed by atoms with Gasteiger partial charge in [-0.25, -0.2) is 4.98 Å². The topological polar surface area (TPSA) is 59.3 Å². The molecular weight excluding hydrogens is 226 g/mol. The molecule has 0 aliphatic carbocycles. The first-order valence-corrected chi connectivity index (χ1v) is 6.31. The van der Waals surface area contributed by atoms with Crippen LogP contribution in [0.4, 0.5) is 5.13 Å². The fraction of sp³-hybridized carbons (Fsp3) is 0.700. The van der Waals surface area contributed by atoms with Crippen LogP contribution >= 0.6 is 11.3 Å². The van der Waals surface area contributed by atoms with E-state index in [1.54, 1.807) is 0 Å². The zero-order valence-electron chi connectivity index (χ0n) is 9.31. The highest BCUT2D eigenvalue weighted by molar-refractivity contribution is 7.15. The number of rotatable bonds is 3. The van der Waals surface area contributed by atoms with E-state index < -0.39 is 0 Å². The van der Waals surface area contributed by atoms with Crippen molar-refractivity contribution < 1.29 is 4.92 Å². The van der Waals surface area contributed by atoms with Crippen LogP contribution in [0.1, 0.15) is 29.8 Å². The summed E-state index contributed by atoms with van der Waals surface area (Å²) in [6, 6.07) is 0. The van der Waals surface area contributed by atoms with Crippen molar-refractivity contribution in [2.75, 3.05) is 18.0 Å². The molecule has 1 aliphatic heterocycles. The number of hydrogen-bond donors (Lipinski definition) is 0. The third-order valence-electron chi connectivity index (χ3n) is 2.78. The SMILES string of the molecule is Cc1nc(N2CCCCC2)sc1C[N+](=O)[O-]. The van der Waals surface area contributed by atoms with E-state index in [1.807, 2.05) is 6.92 Å². The molecule has 0 spiro atoms. The van der Waals surface area contributed by atoms with Crippen molar-refractivity contribution in [2.45, 2.75) is 32.7 Å². The summed E-state index contributed by atoms with van der Waals surface area (Å²) in [5.41, 5.74) is 0.808. The number of aryl methyl sites for hydroxylation is 1. The first-order chi connectivity index (χ1) is 7.66. The average Bonchev–Trinajstić information content (AvgIpc) is 2.61. The number of thiazole rings is 1. The molecule has 1 saturated heterocycles. The summed E-state index contributed by atoms with van der Waals surface area (Å²) >= 11 is 1.47. The largest absolute Gasteiger partial charge is 0.348 e. The molecule has 0 bridgehead atoms. The summed E-state index contributed by atoms with van der Waals surface area (Å²) in [6.07, 6.45) is 3.68. The quantitative estimate of drug-likeness (QED) is 0.601. The minimum Gasteiger partial charge on any atom is -0.348 e. The lowest BCUT2D eigenvalue weighted by molar-refractivity contribution is -0.496. The van der Waals surface area contributed by atoms with Crippen molar-refractivity contribution in [3.63, 3.8) is 0 Å². The Balaban J connectivity index is 2.12. The summed E-state index contributed by atoms with van der Waals surface area (Å²) in [4.78, 5) is 17.6. The van der Waals surface area contributed by atoms with Crippen LogP contribution in [-0.4, -0.2) is 23.0 Å². The molecule has 1 aromatic rings. The number of aromatic nitrogens is 1. The van der Waals surface area contributed by atoms with Gasteiger partial charge in [-0.05, 0) is 26.2 Å². The Bertz CT molecular complexity index is 385. The van der Waals surface area contributed by atoms with E-state index in [0.717, 1.165) is 28.8 Å². The molecule has 0 N–H and O–H groups in total. The van der Waals surface area contributed by atoms with Gasteiger partial charge in [-0.2, -0.15) is 0 Å². The molecule has 0 aromatic carbocycles. The highest BCUT2D eigenvalue weighted by Crippen LogP contribution is 2.28. The zero-order chi connectivity index (χ0) is 11.5. The molecule has 2 rings (SSSR count). The fourth-order valence-electron chi connectivity index (χ4n) is 1.90. The molecule has 5 nitrogen and oxygen atoms in total. The van der Waals surface area contributed by atoms with Crippen LogP contribution in [0, 0.1) is 17.0 Å². The molecule has 0 amide bonds. The standard InChI is InChI=1S/C10H15N3O2S/c1-8-9(7-13(14)15)16-10(11-8)12-5-3-2-4-6-12/h2-7H2,1H3. The van der Waals surface area contributed by atoms with Gasteiger partial charge in [0.15, 0.2) is 5.13 Å². The Hall–Kier alpha value is -1.17. The normalized spacial score (nSPS) is 16.4. The summed E-state index contributed by atoms with van der Waals surface area (Å²) in [5.74, 6) is 0. The second kappa shape index (κ2) is 4.78. The summed E-state index contributed by atoms with van der Waals surface area (Å²) in [7, 11) is 0. The van der Waals surface area contributed by atoms with Crippen LogP contribution in [0.25, 0.3) is 0 Å². The van der Waals surface area contributed by atoms with Crippen LogP contribution in [-0.2, 0) is 6.54 Å². The van der Waals surface area contributed by atoms with Crippen LogP contribution in [0.5, 0.6) is 0 Å². The first-order valence-electron chi connectivity index (χ1n) is 5.50. The van der Waals surface area contributed by atoms with Gasteiger partial charge in [0.2, 0.25) is 6.54 Å². The Morgan fingerprint density at radius 1 is 1.44 bits per heavy atom. The summed E-state index contributed by atoms with van der Waals surface area (Å²) < 4.78 is 0. The number of piperidine rings is 1. The molecule has 0 saturated carbocycles. The van der Waals surface area contributed by atoms with Crippen LogP contribution in [0.15, 0.2) is 0 Å². The molecule has 2 heterocycles. The zero-order valence-corrected chi connectivity index (χ0v) is 10.1. The van der Waals surface area contributed by atoms with Crippen LogP contribution < -0.4 is 4.90 Å². The van der Waals surface area contributed by atoms with E-state index >= 15 is 0 Å². The highest BCUT2D eigenvalue weighted by atomic mass is 32.1. The lowest BCUT2D eigenvalue weighted by Crippen LogP contribution is -2.29. The van der Waals surface area contributed by atoms with Crippen LogP contribution in [0.3, 0.4) is 0 Å². The predicted molar refractivity (Wildman–Crippen MR) is 63.6 cm³/mol. The molecule has 0 radical (unpaired) electrons. The summed E-state index contributed by atoms with van der Waals surface area (Å²) in [6.45, 7) is 3.82. The van der Waals surface area contributed by atoms with Gasteiger partial charge in [-0.15, -0.1) is 0 Å². The molecule has 88 valence electrons. The van der Waals surface area contributed by atoms with Crippen molar-refractivity contribution >= 4 is 16.5 Å². The lowest BCUT2D eigenvalue weighted by Gasteiger charge is -2.25. The minimum atomic E-state index is -0.291. The monoisotopic (exact) mass is 241 g/mol. The minimum absolute atomic E-state index is 0.0999. The van der Waals surface area contributed by atoms with E-state index in [2.05, 4.69) is 9.88 Å². The Morgan fingerprint density at radius 2 is 2.12 bits per heavy atom. The molecule has 6 heteroatoms. The molecule has 0 atom stereocenters. The molecule has 1 aromatic heterocycles. The van der Waals surface area contributed by atoms with Gasteiger partial charge < -0.3 is 4.90 Å². The second-order valence-corrected chi connectivity index (χ2v) is 5.11. The Kier molecular flexibility index (Phi) is 3.38. The smallest absolute Gasteiger partial charge is 0.239 e. The Labute approximate surface area is 98.3 Å². The maximum atomic E-state index is 10.5. The maximum absolute atomic E-state index is 10.5. The maximum Gasteiger partial charge on any atom is 0.239 e. The van der Waals surface area contributed by atoms with Gasteiger partial charge in [0.1, 0.15) is 0 Å². The number of nitro groups is 1. The third kappa shape index (κ3) is 2.49. The molecule has 16 heavy (non-hydrogen) atoms.